The summed E-state index contributed by atoms with van der Waals surface area (Å²) in [6, 6.07) is 9.48. The molecule has 3 rings (SSSR count). The largest absolute Gasteiger partial charge is 0.347 e. The van der Waals surface area contributed by atoms with Gasteiger partial charge in [-0.3, -0.25) is 9.59 Å². The lowest BCUT2D eigenvalue weighted by atomic mass is 9.82. The van der Waals surface area contributed by atoms with Crippen molar-refractivity contribution in [2.24, 2.45) is 0 Å². The van der Waals surface area contributed by atoms with E-state index in [-0.39, 0.29) is 17.0 Å². The molecule has 2 aromatic rings. The predicted molar refractivity (Wildman–Crippen MR) is 94.6 cm³/mol. The molecule has 0 amide bonds. The summed E-state index contributed by atoms with van der Waals surface area (Å²) in [4.78, 5) is 26.9. The molecule has 1 aliphatic heterocycles. The highest BCUT2D eigenvalue weighted by atomic mass is 32.1. The van der Waals surface area contributed by atoms with Gasteiger partial charge in [-0.15, -0.1) is 11.3 Å². The van der Waals surface area contributed by atoms with Gasteiger partial charge in [-0.25, -0.2) is 0 Å². The molecule has 0 fully saturated rings. The Kier molecular flexibility index (Phi) is 3.72. The molecule has 4 heteroatoms. The summed E-state index contributed by atoms with van der Waals surface area (Å²) >= 11 is 1.45. The highest BCUT2D eigenvalue weighted by Crippen LogP contribution is 2.47. The van der Waals surface area contributed by atoms with E-state index in [0.29, 0.717) is 5.56 Å². The maximum Gasteiger partial charge on any atom is 0.197 e. The zero-order valence-electron chi connectivity index (χ0n) is 13.7. The van der Waals surface area contributed by atoms with Gasteiger partial charge in [0, 0.05) is 35.5 Å². The highest BCUT2D eigenvalue weighted by molar-refractivity contribution is 7.12. The average Bonchev–Trinajstić information content (AvgIpc) is 3.10. The standard InChI is InChI=1S/C19H19NO2S/c1-12(21)13-7-8-15-14(10-13)19(2,3)18(20(15)4)11-16(22)17-6-5-9-23-17/h5-11H,1-4H3/b18-11-. The van der Waals surface area contributed by atoms with E-state index in [2.05, 4.69) is 13.8 Å². The van der Waals surface area contributed by atoms with Gasteiger partial charge in [-0.1, -0.05) is 19.9 Å². The number of Topliss-reactive ketones (excluding diaryl/α,β-unsaturated/α-hetero) is 1. The lowest BCUT2D eigenvalue weighted by Gasteiger charge is -2.23. The Morgan fingerprint density at radius 2 is 1.96 bits per heavy atom. The Labute approximate surface area is 140 Å². The second-order valence-electron chi connectivity index (χ2n) is 6.34. The summed E-state index contributed by atoms with van der Waals surface area (Å²) in [6.07, 6.45) is 1.72. The minimum Gasteiger partial charge on any atom is -0.347 e. The first-order valence-corrected chi connectivity index (χ1v) is 8.39. The first-order valence-electron chi connectivity index (χ1n) is 7.51. The molecule has 1 aromatic heterocycles. The van der Waals surface area contributed by atoms with E-state index in [1.807, 2.05) is 47.7 Å². The van der Waals surface area contributed by atoms with Crippen LogP contribution in [-0.4, -0.2) is 18.6 Å². The molecular formula is C19H19NO2S. The van der Waals surface area contributed by atoms with E-state index in [4.69, 9.17) is 0 Å². The van der Waals surface area contributed by atoms with Crippen LogP contribution in [0.25, 0.3) is 0 Å². The molecule has 118 valence electrons. The van der Waals surface area contributed by atoms with E-state index in [1.54, 1.807) is 13.0 Å². The quantitative estimate of drug-likeness (QED) is 0.618. The van der Waals surface area contributed by atoms with E-state index in [0.717, 1.165) is 21.8 Å². The van der Waals surface area contributed by atoms with Crippen molar-refractivity contribution < 1.29 is 9.59 Å². The third-order valence-corrected chi connectivity index (χ3v) is 5.36. The highest BCUT2D eigenvalue weighted by Gasteiger charge is 2.39. The number of fused-ring (bicyclic) bond motifs is 1. The zero-order chi connectivity index (χ0) is 16.8. The van der Waals surface area contributed by atoms with Crippen molar-refractivity contribution in [2.75, 3.05) is 11.9 Å². The van der Waals surface area contributed by atoms with Crippen LogP contribution < -0.4 is 4.90 Å². The summed E-state index contributed by atoms with van der Waals surface area (Å²) in [6.45, 7) is 5.75. The molecule has 0 spiro atoms. The zero-order valence-corrected chi connectivity index (χ0v) is 14.5. The van der Waals surface area contributed by atoms with Gasteiger partial charge in [-0.05, 0) is 42.1 Å². The molecule has 1 aromatic carbocycles. The van der Waals surface area contributed by atoms with Gasteiger partial charge in [0.2, 0.25) is 0 Å². The van der Waals surface area contributed by atoms with E-state index in [9.17, 15) is 9.59 Å². The third kappa shape index (κ3) is 2.53. The van der Waals surface area contributed by atoms with Crippen LogP contribution in [0.5, 0.6) is 0 Å². The van der Waals surface area contributed by atoms with Crippen molar-refractivity contribution in [3.63, 3.8) is 0 Å². The maximum atomic E-state index is 12.5. The van der Waals surface area contributed by atoms with Crippen molar-refractivity contribution in [2.45, 2.75) is 26.2 Å². The minimum atomic E-state index is -0.317. The van der Waals surface area contributed by atoms with Crippen LogP contribution in [0, 0.1) is 0 Å². The van der Waals surface area contributed by atoms with Crippen molar-refractivity contribution in [3.8, 4) is 0 Å². The first kappa shape index (κ1) is 15.7. The number of nitrogens with zero attached hydrogens (tertiary/aromatic N) is 1. The number of hydrogen-bond donors (Lipinski definition) is 0. The number of anilines is 1. The fourth-order valence-electron chi connectivity index (χ4n) is 3.13. The van der Waals surface area contributed by atoms with Gasteiger partial charge in [-0.2, -0.15) is 0 Å². The first-order chi connectivity index (χ1) is 10.8. The number of carbonyl (C=O) groups excluding carboxylic acids is 2. The Hall–Kier alpha value is -2.20. The van der Waals surface area contributed by atoms with E-state index >= 15 is 0 Å². The summed E-state index contributed by atoms with van der Waals surface area (Å²) in [5.41, 5.74) is 3.47. The fourth-order valence-corrected chi connectivity index (χ4v) is 3.76. The van der Waals surface area contributed by atoms with E-state index in [1.165, 1.54) is 11.3 Å². The number of benzene rings is 1. The molecule has 0 N–H and O–H groups in total. The van der Waals surface area contributed by atoms with Gasteiger partial charge in [0.25, 0.3) is 0 Å². The molecular weight excluding hydrogens is 306 g/mol. The second-order valence-corrected chi connectivity index (χ2v) is 7.29. The molecule has 0 saturated heterocycles. The number of hydrogen-bond acceptors (Lipinski definition) is 4. The second kappa shape index (κ2) is 5.46. The van der Waals surface area contributed by atoms with Crippen LogP contribution in [0.2, 0.25) is 0 Å². The van der Waals surface area contributed by atoms with Crippen molar-refractivity contribution in [3.05, 3.63) is 63.5 Å². The monoisotopic (exact) mass is 325 g/mol. The molecule has 3 nitrogen and oxygen atoms in total. The van der Waals surface area contributed by atoms with Gasteiger partial charge >= 0.3 is 0 Å². The van der Waals surface area contributed by atoms with Crippen LogP contribution >= 0.6 is 11.3 Å². The molecule has 1 aliphatic rings. The Morgan fingerprint density at radius 3 is 2.57 bits per heavy atom. The molecule has 2 heterocycles. The Balaban J connectivity index is 2.07. The van der Waals surface area contributed by atoms with Crippen molar-refractivity contribution in [1.82, 2.24) is 0 Å². The summed E-state index contributed by atoms with van der Waals surface area (Å²) in [7, 11) is 1.97. The van der Waals surface area contributed by atoms with E-state index < -0.39 is 0 Å². The number of likely N-dealkylation sites (N-methyl/N-ethyl adjacent to an activating group) is 1. The van der Waals surface area contributed by atoms with Gasteiger partial charge in [0.15, 0.2) is 11.6 Å². The lowest BCUT2D eigenvalue weighted by Crippen LogP contribution is -2.24. The smallest absolute Gasteiger partial charge is 0.197 e. The van der Waals surface area contributed by atoms with Crippen LogP contribution in [-0.2, 0) is 5.41 Å². The van der Waals surface area contributed by atoms with Crippen molar-refractivity contribution in [1.29, 1.82) is 0 Å². The number of allylic oxidation sites excluding steroid dienone is 2. The number of thiophene rings is 1. The Morgan fingerprint density at radius 1 is 1.22 bits per heavy atom. The van der Waals surface area contributed by atoms with Crippen LogP contribution in [0.1, 0.15) is 46.4 Å². The van der Waals surface area contributed by atoms with Crippen LogP contribution in [0.3, 0.4) is 0 Å². The molecule has 0 unspecified atom stereocenters. The minimum absolute atomic E-state index is 0.0227. The van der Waals surface area contributed by atoms with Gasteiger partial charge in [0.1, 0.15) is 0 Å². The molecule has 0 bridgehead atoms. The summed E-state index contributed by atoms with van der Waals surface area (Å²) in [5.74, 6) is 0.0767. The normalized spacial score (nSPS) is 17.4. The molecule has 0 aliphatic carbocycles. The predicted octanol–water partition coefficient (Wildman–Crippen LogP) is 4.44. The number of ketones is 2. The average molecular weight is 325 g/mol. The lowest BCUT2D eigenvalue weighted by molar-refractivity contribution is 0.101. The topological polar surface area (TPSA) is 37.4 Å². The molecule has 0 saturated carbocycles. The summed E-state index contributed by atoms with van der Waals surface area (Å²) < 4.78 is 0. The van der Waals surface area contributed by atoms with Gasteiger partial charge in [0.05, 0.1) is 4.88 Å². The fraction of sp³-hybridized carbons (Fsp3) is 0.263. The van der Waals surface area contributed by atoms with Gasteiger partial charge < -0.3 is 4.90 Å². The van der Waals surface area contributed by atoms with Crippen molar-refractivity contribution >= 4 is 28.6 Å². The number of rotatable bonds is 3. The van der Waals surface area contributed by atoms with Crippen LogP contribution in [0.15, 0.2) is 47.5 Å². The third-order valence-electron chi connectivity index (χ3n) is 4.47. The number of carbonyl (C=O) groups is 2. The SMILES string of the molecule is CC(=O)c1ccc2c(c1)C(C)(C)/C(=C/C(=O)c1cccs1)N2C. The molecule has 0 radical (unpaired) electrons. The molecule has 23 heavy (non-hydrogen) atoms. The van der Waals surface area contributed by atoms with Crippen LogP contribution in [0.4, 0.5) is 5.69 Å². The summed E-state index contributed by atoms with van der Waals surface area (Å²) in [5, 5.41) is 1.91. The molecule has 0 atom stereocenters. The maximum absolute atomic E-state index is 12.5. The Bertz CT molecular complexity index is 816.